The monoisotopic (exact) mass is 375 g/mol. The van der Waals surface area contributed by atoms with E-state index in [4.69, 9.17) is 4.52 Å². The van der Waals surface area contributed by atoms with Crippen LogP contribution >= 0.6 is 15.9 Å². The van der Waals surface area contributed by atoms with Crippen LogP contribution in [-0.2, 0) is 0 Å². The highest BCUT2D eigenvalue weighted by molar-refractivity contribution is 9.10. The molecule has 0 aliphatic rings. The van der Waals surface area contributed by atoms with E-state index in [9.17, 15) is 4.79 Å². The lowest BCUT2D eigenvalue weighted by atomic mass is 10.2. The Bertz CT molecular complexity index is 825. The Balaban J connectivity index is 1.70. The first-order chi connectivity index (χ1) is 11.0. The van der Waals surface area contributed by atoms with Crippen molar-refractivity contribution >= 4 is 21.8 Å². The quantitative estimate of drug-likeness (QED) is 0.757. The van der Waals surface area contributed by atoms with Crippen molar-refractivity contribution in [2.45, 2.75) is 19.9 Å². The van der Waals surface area contributed by atoms with Gasteiger partial charge in [-0.1, -0.05) is 5.16 Å². The minimum absolute atomic E-state index is 0.207. The van der Waals surface area contributed by atoms with Gasteiger partial charge in [0, 0.05) is 11.8 Å². The van der Waals surface area contributed by atoms with Gasteiger partial charge in [0.25, 0.3) is 5.91 Å². The molecule has 0 radical (unpaired) electrons. The molecular weight excluding hydrogens is 362 g/mol. The zero-order chi connectivity index (χ0) is 16.4. The number of halogens is 1. The number of carbonyl (C=O) groups is 1. The molecule has 1 N–H and O–H groups in total. The number of aryl methyl sites for hydroxylation is 1. The Labute approximate surface area is 140 Å². The fourth-order valence-electron chi connectivity index (χ4n) is 2.04. The van der Waals surface area contributed by atoms with Gasteiger partial charge in [0.2, 0.25) is 5.89 Å². The van der Waals surface area contributed by atoms with Gasteiger partial charge in [-0.2, -0.15) is 10.1 Å². The second-order valence-electron chi connectivity index (χ2n) is 5.02. The number of amides is 1. The van der Waals surface area contributed by atoms with Crippen molar-refractivity contribution in [2.24, 2.45) is 0 Å². The molecule has 118 valence electrons. The highest BCUT2D eigenvalue weighted by Gasteiger charge is 2.16. The van der Waals surface area contributed by atoms with Gasteiger partial charge < -0.3 is 9.84 Å². The van der Waals surface area contributed by atoms with Crippen molar-refractivity contribution in [3.8, 4) is 5.69 Å². The lowest BCUT2D eigenvalue weighted by molar-refractivity contribution is 0.0932. The van der Waals surface area contributed by atoms with Crippen molar-refractivity contribution in [1.82, 2.24) is 25.2 Å². The third-order valence-electron chi connectivity index (χ3n) is 3.21. The molecule has 3 aromatic rings. The number of nitrogens with zero attached hydrogens (tertiary/aromatic N) is 4. The summed E-state index contributed by atoms with van der Waals surface area (Å²) >= 11 is 3.35. The zero-order valence-corrected chi connectivity index (χ0v) is 14.1. The topological polar surface area (TPSA) is 85.8 Å². The van der Waals surface area contributed by atoms with Gasteiger partial charge in [-0.15, -0.1) is 0 Å². The molecule has 2 aromatic heterocycles. The number of rotatable bonds is 4. The average molecular weight is 376 g/mol. The smallest absolute Gasteiger partial charge is 0.251 e. The van der Waals surface area contributed by atoms with Crippen molar-refractivity contribution in [3.05, 3.63) is 58.4 Å². The molecule has 0 bridgehead atoms. The summed E-state index contributed by atoms with van der Waals surface area (Å²) in [6.07, 6.45) is 3.55. The van der Waals surface area contributed by atoms with Crippen LogP contribution in [0.5, 0.6) is 0 Å². The van der Waals surface area contributed by atoms with Crippen LogP contribution in [0.25, 0.3) is 5.69 Å². The number of carbonyl (C=O) groups excluding carboxylic acids is 1. The number of aromatic nitrogens is 4. The number of hydrogen-bond acceptors (Lipinski definition) is 5. The highest BCUT2D eigenvalue weighted by atomic mass is 79.9. The number of benzene rings is 1. The molecule has 0 fully saturated rings. The second kappa shape index (κ2) is 6.33. The summed E-state index contributed by atoms with van der Waals surface area (Å²) in [4.78, 5) is 16.4. The largest absolute Gasteiger partial charge is 0.341 e. The molecule has 0 saturated heterocycles. The van der Waals surface area contributed by atoms with Gasteiger partial charge in [-0.3, -0.25) is 4.79 Å². The minimum atomic E-state index is -0.356. The summed E-state index contributed by atoms with van der Waals surface area (Å²) in [6, 6.07) is 6.79. The molecule has 1 aromatic carbocycles. The molecule has 3 rings (SSSR count). The van der Waals surface area contributed by atoms with Crippen LogP contribution in [0.15, 0.2) is 45.7 Å². The SMILES string of the molecule is Cc1noc(C(C)NC(=O)c2ccc(-n3cc(Br)cn3)cc2)n1. The molecule has 0 aliphatic heterocycles. The first kappa shape index (κ1) is 15.4. The lowest BCUT2D eigenvalue weighted by Crippen LogP contribution is -2.26. The highest BCUT2D eigenvalue weighted by Crippen LogP contribution is 2.15. The Hall–Kier alpha value is -2.48. The Morgan fingerprint density at radius 3 is 2.65 bits per heavy atom. The second-order valence-corrected chi connectivity index (χ2v) is 5.94. The van der Waals surface area contributed by atoms with Crippen LogP contribution in [0.3, 0.4) is 0 Å². The molecule has 1 amide bonds. The summed E-state index contributed by atoms with van der Waals surface area (Å²) in [5.41, 5.74) is 1.41. The fourth-order valence-corrected chi connectivity index (χ4v) is 2.32. The van der Waals surface area contributed by atoms with E-state index in [0.29, 0.717) is 17.3 Å². The van der Waals surface area contributed by atoms with E-state index >= 15 is 0 Å². The molecule has 0 saturated carbocycles. The Kier molecular flexibility index (Phi) is 4.24. The molecule has 7 nitrogen and oxygen atoms in total. The van der Waals surface area contributed by atoms with E-state index in [1.807, 2.05) is 18.3 Å². The van der Waals surface area contributed by atoms with Crippen molar-refractivity contribution in [2.75, 3.05) is 0 Å². The van der Waals surface area contributed by atoms with E-state index in [-0.39, 0.29) is 11.9 Å². The molecular formula is C15H14BrN5O2. The van der Waals surface area contributed by atoms with Crippen LogP contribution in [0.1, 0.15) is 35.0 Å². The summed E-state index contributed by atoms with van der Waals surface area (Å²) in [6.45, 7) is 3.52. The number of nitrogens with one attached hydrogen (secondary N) is 1. The summed E-state index contributed by atoms with van der Waals surface area (Å²) in [5.74, 6) is 0.714. The number of hydrogen-bond donors (Lipinski definition) is 1. The van der Waals surface area contributed by atoms with Gasteiger partial charge in [0.05, 0.1) is 16.4 Å². The first-order valence-corrected chi connectivity index (χ1v) is 7.74. The third-order valence-corrected chi connectivity index (χ3v) is 3.62. The van der Waals surface area contributed by atoms with Crippen molar-refractivity contribution < 1.29 is 9.32 Å². The van der Waals surface area contributed by atoms with Gasteiger partial charge in [-0.25, -0.2) is 4.68 Å². The molecule has 2 heterocycles. The first-order valence-electron chi connectivity index (χ1n) is 6.94. The lowest BCUT2D eigenvalue weighted by Gasteiger charge is -2.10. The maximum atomic E-state index is 12.3. The van der Waals surface area contributed by atoms with Crippen LogP contribution in [0.4, 0.5) is 0 Å². The minimum Gasteiger partial charge on any atom is -0.341 e. The molecule has 1 atom stereocenters. The van der Waals surface area contributed by atoms with E-state index in [1.165, 1.54) is 0 Å². The van der Waals surface area contributed by atoms with Crippen LogP contribution in [0, 0.1) is 6.92 Å². The average Bonchev–Trinajstić information content (AvgIpc) is 3.16. The zero-order valence-electron chi connectivity index (χ0n) is 12.5. The van der Waals surface area contributed by atoms with E-state index in [2.05, 4.69) is 36.5 Å². The predicted molar refractivity (Wildman–Crippen MR) is 86.2 cm³/mol. The normalized spacial score (nSPS) is 12.1. The van der Waals surface area contributed by atoms with E-state index < -0.39 is 0 Å². The van der Waals surface area contributed by atoms with Gasteiger partial charge >= 0.3 is 0 Å². The van der Waals surface area contributed by atoms with Crippen LogP contribution in [0.2, 0.25) is 0 Å². The Morgan fingerprint density at radius 2 is 2.09 bits per heavy atom. The van der Waals surface area contributed by atoms with Gasteiger partial charge in [0.1, 0.15) is 6.04 Å². The summed E-state index contributed by atoms with van der Waals surface area (Å²) < 4.78 is 7.66. The molecule has 1 unspecified atom stereocenters. The van der Waals surface area contributed by atoms with Crippen LogP contribution in [-0.4, -0.2) is 25.8 Å². The Morgan fingerprint density at radius 1 is 1.35 bits per heavy atom. The van der Waals surface area contributed by atoms with Crippen LogP contribution < -0.4 is 5.32 Å². The van der Waals surface area contributed by atoms with E-state index in [0.717, 1.165) is 10.2 Å². The molecule has 0 aliphatic carbocycles. The maximum absolute atomic E-state index is 12.3. The van der Waals surface area contributed by atoms with E-state index in [1.54, 1.807) is 36.9 Å². The maximum Gasteiger partial charge on any atom is 0.251 e. The molecule has 23 heavy (non-hydrogen) atoms. The fraction of sp³-hybridized carbons (Fsp3) is 0.200. The van der Waals surface area contributed by atoms with Gasteiger partial charge in [0.15, 0.2) is 5.82 Å². The molecule has 0 spiro atoms. The summed E-state index contributed by atoms with van der Waals surface area (Å²) in [5, 5.41) is 10.7. The van der Waals surface area contributed by atoms with Crippen molar-refractivity contribution in [3.63, 3.8) is 0 Å². The molecule has 8 heteroatoms. The predicted octanol–water partition coefficient (Wildman–Crippen LogP) is 2.82. The standard InChI is InChI=1S/C15H14BrN5O2/c1-9(15-19-10(2)20-23-15)18-14(22)11-3-5-13(6-4-11)21-8-12(16)7-17-21/h3-9H,1-2H3,(H,18,22). The van der Waals surface area contributed by atoms with Gasteiger partial charge in [-0.05, 0) is 54.0 Å². The van der Waals surface area contributed by atoms with Crippen molar-refractivity contribution in [1.29, 1.82) is 0 Å². The summed E-state index contributed by atoms with van der Waals surface area (Å²) in [7, 11) is 0. The third kappa shape index (κ3) is 3.48.